The van der Waals surface area contributed by atoms with E-state index in [2.05, 4.69) is 0 Å². The summed E-state index contributed by atoms with van der Waals surface area (Å²) >= 11 is 0. The van der Waals surface area contributed by atoms with E-state index < -0.39 is 12.0 Å². The van der Waals surface area contributed by atoms with E-state index in [4.69, 9.17) is 0 Å². The standard InChI is InChI=1S/C15H19FO/c1-11(16)15(17)14-9-7-13(8-10-14)12-5-3-2-4-6-12/h7-12H,2-6H2,1H3. The third-order valence-corrected chi connectivity index (χ3v) is 3.63. The van der Waals surface area contributed by atoms with Gasteiger partial charge in [0.2, 0.25) is 0 Å². The highest BCUT2D eigenvalue weighted by atomic mass is 19.1. The number of Topliss-reactive ketones (excluding diaryl/α,β-unsaturated/α-hetero) is 1. The Balaban J connectivity index is 2.09. The van der Waals surface area contributed by atoms with Crippen molar-refractivity contribution in [2.24, 2.45) is 0 Å². The molecule has 1 atom stereocenters. The van der Waals surface area contributed by atoms with Gasteiger partial charge in [0, 0.05) is 5.56 Å². The highest BCUT2D eigenvalue weighted by Gasteiger charge is 2.17. The Labute approximate surface area is 102 Å². The Morgan fingerprint density at radius 1 is 1.18 bits per heavy atom. The van der Waals surface area contributed by atoms with Crippen molar-refractivity contribution in [3.63, 3.8) is 0 Å². The lowest BCUT2D eigenvalue weighted by atomic mass is 9.84. The van der Waals surface area contributed by atoms with E-state index in [-0.39, 0.29) is 0 Å². The normalized spacial score (nSPS) is 18.9. The summed E-state index contributed by atoms with van der Waals surface area (Å²) in [5.41, 5.74) is 1.78. The molecule has 1 nitrogen and oxygen atoms in total. The van der Waals surface area contributed by atoms with Gasteiger partial charge in [-0.25, -0.2) is 4.39 Å². The zero-order valence-electron chi connectivity index (χ0n) is 10.3. The van der Waals surface area contributed by atoms with E-state index in [1.807, 2.05) is 12.1 Å². The van der Waals surface area contributed by atoms with Gasteiger partial charge >= 0.3 is 0 Å². The summed E-state index contributed by atoms with van der Waals surface area (Å²) in [7, 11) is 0. The minimum atomic E-state index is -1.41. The molecule has 92 valence electrons. The van der Waals surface area contributed by atoms with Crippen LogP contribution in [0.3, 0.4) is 0 Å². The Morgan fingerprint density at radius 3 is 2.29 bits per heavy atom. The summed E-state index contributed by atoms with van der Waals surface area (Å²) in [5.74, 6) is 0.218. The lowest BCUT2D eigenvalue weighted by Crippen LogP contribution is -2.12. The maximum absolute atomic E-state index is 12.9. The van der Waals surface area contributed by atoms with E-state index in [0.29, 0.717) is 11.5 Å². The van der Waals surface area contributed by atoms with Crippen molar-refractivity contribution in [3.05, 3.63) is 35.4 Å². The minimum Gasteiger partial charge on any atom is -0.291 e. The molecule has 2 heteroatoms. The molecule has 1 aliphatic carbocycles. The van der Waals surface area contributed by atoms with E-state index in [1.54, 1.807) is 12.1 Å². The summed E-state index contributed by atoms with van der Waals surface area (Å²) in [6.45, 7) is 1.29. The monoisotopic (exact) mass is 234 g/mol. The number of rotatable bonds is 3. The second kappa shape index (κ2) is 5.44. The van der Waals surface area contributed by atoms with Gasteiger partial charge in [-0.3, -0.25) is 4.79 Å². The Hall–Kier alpha value is -1.18. The molecule has 1 saturated carbocycles. The molecule has 0 heterocycles. The van der Waals surface area contributed by atoms with Gasteiger partial charge < -0.3 is 0 Å². The number of hydrogen-bond acceptors (Lipinski definition) is 1. The average Bonchev–Trinajstić information content (AvgIpc) is 2.39. The SMILES string of the molecule is CC(F)C(=O)c1ccc(C2CCCCC2)cc1. The van der Waals surface area contributed by atoms with Crippen LogP contribution in [0.25, 0.3) is 0 Å². The molecule has 1 aromatic carbocycles. The zero-order valence-corrected chi connectivity index (χ0v) is 10.3. The van der Waals surface area contributed by atoms with Crippen LogP contribution in [0, 0.1) is 0 Å². The Kier molecular flexibility index (Phi) is 3.93. The molecule has 1 aliphatic rings. The smallest absolute Gasteiger partial charge is 0.196 e. The predicted octanol–water partition coefficient (Wildman–Crippen LogP) is 4.28. The Morgan fingerprint density at radius 2 is 1.76 bits per heavy atom. The fourth-order valence-electron chi connectivity index (χ4n) is 2.59. The molecule has 0 bridgehead atoms. The van der Waals surface area contributed by atoms with Gasteiger partial charge in [-0.05, 0) is 31.2 Å². The summed E-state index contributed by atoms with van der Waals surface area (Å²) < 4.78 is 12.9. The van der Waals surface area contributed by atoms with Gasteiger partial charge in [-0.1, -0.05) is 43.5 Å². The van der Waals surface area contributed by atoms with Crippen LogP contribution >= 0.6 is 0 Å². The molecule has 0 radical (unpaired) electrons. The predicted molar refractivity (Wildman–Crippen MR) is 67.2 cm³/mol. The van der Waals surface area contributed by atoms with Gasteiger partial charge in [0.05, 0.1) is 0 Å². The largest absolute Gasteiger partial charge is 0.291 e. The average molecular weight is 234 g/mol. The first-order valence-corrected chi connectivity index (χ1v) is 6.46. The number of carbonyl (C=O) groups excluding carboxylic acids is 1. The number of carbonyl (C=O) groups is 1. The summed E-state index contributed by atoms with van der Waals surface area (Å²) in [4.78, 5) is 11.5. The molecule has 0 aromatic heterocycles. The molecule has 1 fully saturated rings. The number of ketones is 1. The van der Waals surface area contributed by atoms with Crippen LogP contribution in [-0.4, -0.2) is 12.0 Å². The number of hydrogen-bond donors (Lipinski definition) is 0. The molecule has 0 spiro atoms. The van der Waals surface area contributed by atoms with Crippen molar-refractivity contribution in [2.75, 3.05) is 0 Å². The van der Waals surface area contributed by atoms with Crippen molar-refractivity contribution in [1.29, 1.82) is 0 Å². The van der Waals surface area contributed by atoms with Gasteiger partial charge in [0.25, 0.3) is 0 Å². The van der Waals surface area contributed by atoms with E-state index in [9.17, 15) is 9.18 Å². The van der Waals surface area contributed by atoms with Crippen molar-refractivity contribution in [3.8, 4) is 0 Å². The third kappa shape index (κ3) is 2.93. The molecule has 1 aromatic rings. The van der Waals surface area contributed by atoms with Crippen LogP contribution in [0.1, 0.15) is 60.9 Å². The first-order valence-electron chi connectivity index (χ1n) is 6.46. The maximum Gasteiger partial charge on any atom is 0.196 e. The Bertz CT molecular complexity index is 374. The van der Waals surface area contributed by atoms with Crippen molar-refractivity contribution < 1.29 is 9.18 Å². The first-order chi connectivity index (χ1) is 8.18. The zero-order chi connectivity index (χ0) is 12.3. The first kappa shape index (κ1) is 12.3. The number of benzene rings is 1. The molecule has 0 amide bonds. The summed E-state index contributed by atoms with van der Waals surface area (Å²) in [6.07, 6.45) is 5.02. The lowest BCUT2D eigenvalue weighted by Gasteiger charge is -2.22. The third-order valence-electron chi connectivity index (χ3n) is 3.63. The molecule has 0 aliphatic heterocycles. The quantitative estimate of drug-likeness (QED) is 0.713. The van der Waals surface area contributed by atoms with Gasteiger partial charge in [0.15, 0.2) is 12.0 Å². The topological polar surface area (TPSA) is 17.1 Å². The van der Waals surface area contributed by atoms with Gasteiger partial charge in [-0.2, -0.15) is 0 Å². The van der Waals surface area contributed by atoms with Crippen molar-refractivity contribution >= 4 is 5.78 Å². The summed E-state index contributed by atoms with van der Waals surface area (Å²) in [5, 5.41) is 0. The lowest BCUT2D eigenvalue weighted by molar-refractivity contribution is 0.0893. The molecule has 2 rings (SSSR count). The second-order valence-corrected chi connectivity index (χ2v) is 4.94. The van der Waals surface area contributed by atoms with E-state index in [0.717, 1.165) is 0 Å². The number of alkyl halides is 1. The van der Waals surface area contributed by atoms with Gasteiger partial charge in [-0.15, -0.1) is 0 Å². The fourth-order valence-corrected chi connectivity index (χ4v) is 2.59. The van der Waals surface area contributed by atoms with Crippen LogP contribution in [0.4, 0.5) is 4.39 Å². The molecular formula is C15H19FO. The molecule has 17 heavy (non-hydrogen) atoms. The molecule has 1 unspecified atom stereocenters. The van der Waals surface area contributed by atoms with E-state index in [1.165, 1.54) is 44.6 Å². The van der Waals surface area contributed by atoms with E-state index >= 15 is 0 Å². The van der Waals surface area contributed by atoms with Crippen LogP contribution in [-0.2, 0) is 0 Å². The summed E-state index contributed by atoms with van der Waals surface area (Å²) in [6, 6.07) is 7.52. The van der Waals surface area contributed by atoms with Gasteiger partial charge in [0.1, 0.15) is 0 Å². The fraction of sp³-hybridized carbons (Fsp3) is 0.533. The van der Waals surface area contributed by atoms with Crippen LogP contribution in [0.2, 0.25) is 0 Å². The number of halogens is 1. The van der Waals surface area contributed by atoms with Crippen molar-refractivity contribution in [2.45, 2.75) is 51.1 Å². The highest BCUT2D eigenvalue weighted by molar-refractivity contribution is 5.99. The molecular weight excluding hydrogens is 215 g/mol. The molecule has 0 N–H and O–H groups in total. The second-order valence-electron chi connectivity index (χ2n) is 4.94. The van der Waals surface area contributed by atoms with Crippen molar-refractivity contribution in [1.82, 2.24) is 0 Å². The maximum atomic E-state index is 12.9. The van der Waals surface area contributed by atoms with Crippen LogP contribution < -0.4 is 0 Å². The van der Waals surface area contributed by atoms with Crippen LogP contribution in [0.15, 0.2) is 24.3 Å². The minimum absolute atomic E-state index is 0.416. The molecule has 0 saturated heterocycles. The highest BCUT2D eigenvalue weighted by Crippen LogP contribution is 2.32. The van der Waals surface area contributed by atoms with Crippen LogP contribution in [0.5, 0.6) is 0 Å².